The Balaban J connectivity index is 2.92. The van der Waals surface area contributed by atoms with Crippen molar-refractivity contribution in [3.8, 4) is 0 Å². The SMILES string of the molecule is CCOC(=O)c1cc(C)sc1NC(=O)[C@@H](C)N. The summed E-state index contributed by atoms with van der Waals surface area (Å²) in [7, 11) is 0. The smallest absolute Gasteiger partial charge is 0.341 e. The van der Waals surface area contributed by atoms with Crippen LogP contribution >= 0.6 is 11.3 Å². The minimum absolute atomic E-state index is 0.300. The van der Waals surface area contributed by atoms with Gasteiger partial charge in [0.1, 0.15) is 5.00 Å². The van der Waals surface area contributed by atoms with E-state index >= 15 is 0 Å². The zero-order valence-electron chi connectivity index (χ0n) is 10.1. The maximum absolute atomic E-state index is 11.6. The monoisotopic (exact) mass is 256 g/mol. The second-order valence-corrected chi connectivity index (χ2v) is 4.85. The molecule has 0 aliphatic rings. The fourth-order valence-electron chi connectivity index (χ4n) is 1.19. The average molecular weight is 256 g/mol. The molecule has 3 N–H and O–H groups in total. The lowest BCUT2D eigenvalue weighted by atomic mass is 10.3. The number of aryl methyl sites for hydroxylation is 1. The van der Waals surface area contributed by atoms with Gasteiger partial charge in [-0.3, -0.25) is 4.79 Å². The van der Waals surface area contributed by atoms with Gasteiger partial charge in [-0.2, -0.15) is 0 Å². The van der Waals surface area contributed by atoms with Gasteiger partial charge in [-0.1, -0.05) is 0 Å². The minimum Gasteiger partial charge on any atom is -0.462 e. The zero-order chi connectivity index (χ0) is 13.0. The van der Waals surface area contributed by atoms with Crippen LogP contribution < -0.4 is 11.1 Å². The number of thiophene rings is 1. The molecule has 0 spiro atoms. The van der Waals surface area contributed by atoms with Crippen molar-refractivity contribution in [3.63, 3.8) is 0 Å². The van der Waals surface area contributed by atoms with E-state index in [-0.39, 0.29) is 5.91 Å². The topological polar surface area (TPSA) is 81.4 Å². The predicted octanol–water partition coefficient (Wildman–Crippen LogP) is 1.52. The number of rotatable bonds is 4. The first-order valence-corrected chi connectivity index (χ1v) is 6.11. The molecule has 1 aromatic rings. The molecule has 0 saturated heterocycles. The molecule has 1 heterocycles. The highest BCUT2D eigenvalue weighted by molar-refractivity contribution is 7.16. The first kappa shape index (κ1) is 13.7. The van der Waals surface area contributed by atoms with Crippen LogP contribution in [-0.4, -0.2) is 24.5 Å². The molecule has 0 fully saturated rings. The van der Waals surface area contributed by atoms with E-state index < -0.39 is 12.0 Å². The van der Waals surface area contributed by atoms with Gasteiger partial charge in [-0.15, -0.1) is 11.3 Å². The Hall–Kier alpha value is -1.40. The summed E-state index contributed by atoms with van der Waals surface area (Å²) in [6, 6.07) is 1.08. The first-order chi connectivity index (χ1) is 7.95. The van der Waals surface area contributed by atoms with Crippen molar-refractivity contribution in [3.05, 3.63) is 16.5 Å². The van der Waals surface area contributed by atoms with Gasteiger partial charge < -0.3 is 15.8 Å². The van der Waals surface area contributed by atoms with E-state index in [4.69, 9.17) is 10.5 Å². The van der Waals surface area contributed by atoms with E-state index in [0.717, 1.165) is 4.88 Å². The van der Waals surface area contributed by atoms with E-state index in [1.54, 1.807) is 19.9 Å². The van der Waals surface area contributed by atoms with Crippen molar-refractivity contribution < 1.29 is 14.3 Å². The van der Waals surface area contributed by atoms with E-state index in [0.29, 0.717) is 17.2 Å². The molecule has 0 aromatic carbocycles. The van der Waals surface area contributed by atoms with Crippen molar-refractivity contribution >= 4 is 28.2 Å². The average Bonchev–Trinajstić information content (AvgIpc) is 2.59. The molecule has 1 rings (SSSR count). The highest BCUT2D eigenvalue weighted by atomic mass is 32.1. The predicted molar refractivity (Wildman–Crippen MR) is 67.3 cm³/mol. The van der Waals surface area contributed by atoms with Crippen LogP contribution in [0.3, 0.4) is 0 Å². The number of ether oxygens (including phenoxy) is 1. The Morgan fingerprint density at radius 3 is 2.76 bits per heavy atom. The molecule has 5 nitrogen and oxygen atoms in total. The van der Waals surface area contributed by atoms with Gasteiger partial charge in [0.2, 0.25) is 5.91 Å². The Labute approximate surface area is 104 Å². The van der Waals surface area contributed by atoms with Crippen molar-refractivity contribution in [1.29, 1.82) is 0 Å². The summed E-state index contributed by atoms with van der Waals surface area (Å²) in [5.41, 5.74) is 5.83. The van der Waals surface area contributed by atoms with Gasteiger partial charge >= 0.3 is 5.97 Å². The van der Waals surface area contributed by atoms with Gasteiger partial charge in [-0.25, -0.2) is 4.79 Å². The van der Waals surface area contributed by atoms with Crippen LogP contribution in [0.4, 0.5) is 5.00 Å². The summed E-state index contributed by atoms with van der Waals surface area (Å²) >= 11 is 1.33. The molecule has 1 amide bonds. The molecule has 94 valence electrons. The summed E-state index contributed by atoms with van der Waals surface area (Å²) in [5.74, 6) is -0.755. The third kappa shape index (κ3) is 3.54. The number of anilines is 1. The maximum Gasteiger partial charge on any atom is 0.341 e. The second kappa shape index (κ2) is 5.79. The lowest BCUT2D eigenvalue weighted by Crippen LogP contribution is -2.32. The normalized spacial score (nSPS) is 12.0. The highest BCUT2D eigenvalue weighted by Crippen LogP contribution is 2.28. The van der Waals surface area contributed by atoms with Crippen molar-refractivity contribution in [2.45, 2.75) is 26.8 Å². The molecule has 0 bridgehead atoms. The van der Waals surface area contributed by atoms with Gasteiger partial charge in [0.15, 0.2) is 0 Å². The standard InChI is InChI=1S/C11H16N2O3S/c1-4-16-11(15)8-5-6(2)17-10(8)13-9(14)7(3)12/h5,7H,4,12H2,1-3H3,(H,13,14)/t7-/m1/s1. The van der Waals surface area contributed by atoms with Crippen LogP contribution in [0.2, 0.25) is 0 Å². The van der Waals surface area contributed by atoms with E-state index in [1.807, 2.05) is 6.92 Å². The fraction of sp³-hybridized carbons (Fsp3) is 0.455. The van der Waals surface area contributed by atoms with E-state index in [1.165, 1.54) is 11.3 Å². The number of hydrogen-bond acceptors (Lipinski definition) is 5. The van der Waals surface area contributed by atoms with Gasteiger partial charge in [0, 0.05) is 4.88 Å². The summed E-state index contributed by atoms with van der Waals surface area (Å²) in [6.07, 6.45) is 0. The molecule has 0 saturated carbocycles. The number of esters is 1. The van der Waals surface area contributed by atoms with Crippen LogP contribution in [0.5, 0.6) is 0 Å². The molecule has 6 heteroatoms. The maximum atomic E-state index is 11.6. The largest absolute Gasteiger partial charge is 0.462 e. The van der Waals surface area contributed by atoms with Crippen LogP contribution in [0.15, 0.2) is 6.07 Å². The Kier molecular flexibility index (Phi) is 4.65. The van der Waals surface area contributed by atoms with Crippen molar-refractivity contribution in [2.75, 3.05) is 11.9 Å². The summed E-state index contributed by atoms with van der Waals surface area (Å²) in [4.78, 5) is 24.0. The summed E-state index contributed by atoms with van der Waals surface area (Å²) in [5, 5.41) is 3.11. The third-order valence-corrected chi connectivity index (χ3v) is 2.97. The van der Waals surface area contributed by atoms with Crippen LogP contribution in [0, 0.1) is 6.92 Å². The zero-order valence-corrected chi connectivity index (χ0v) is 10.9. The molecule has 1 atom stereocenters. The summed E-state index contributed by atoms with van der Waals surface area (Å²) < 4.78 is 4.91. The van der Waals surface area contributed by atoms with Crippen molar-refractivity contribution in [2.24, 2.45) is 5.73 Å². The lowest BCUT2D eigenvalue weighted by molar-refractivity contribution is -0.117. The molecule has 17 heavy (non-hydrogen) atoms. The number of nitrogens with two attached hydrogens (primary N) is 1. The van der Waals surface area contributed by atoms with E-state index in [9.17, 15) is 9.59 Å². The number of carbonyl (C=O) groups is 2. The molecule has 0 aliphatic carbocycles. The molecule has 0 radical (unpaired) electrons. The quantitative estimate of drug-likeness (QED) is 0.800. The van der Waals surface area contributed by atoms with Crippen LogP contribution in [-0.2, 0) is 9.53 Å². The van der Waals surface area contributed by atoms with Gasteiger partial charge in [0.05, 0.1) is 18.2 Å². The van der Waals surface area contributed by atoms with Gasteiger partial charge in [0.25, 0.3) is 0 Å². The van der Waals surface area contributed by atoms with Crippen LogP contribution in [0.1, 0.15) is 29.1 Å². The number of amides is 1. The molecular weight excluding hydrogens is 240 g/mol. The number of hydrogen-bond donors (Lipinski definition) is 2. The first-order valence-electron chi connectivity index (χ1n) is 5.29. The Bertz CT molecular complexity index is 426. The summed E-state index contributed by atoms with van der Waals surface area (Å²) in [6.45, 7) is 5.47. The van der Waals surface area contributed by atoms with Gasteiger partial charge in [-0.05, 0) is 26.8 Å². The third-order valence-electron chi connectivity index (χ3n) is 2.00. The van der Waals surface area contributed by atoms with E-state index in [2.05, 4.69) is 5.32 Å². The Morgan fingerprint density at radius 1 is 1.59 bits per heavy atom. The second-order valence-electron chi connectivity index (χ2n) is 3.60. The van der Waals surface area contributed by atoms with Crippen LogP contribution in [0.25, 0.3) is 0 Å². The highest BCUT2D eigenvalue weighted by Gasteiger charge is 2.18. The molecular formula is C11H16N2O3S. The number of carbonyl (C=O) groups excluding carboxylic acids is 2. The Morgan fingerprint density at radius 2 is 2.24 bits per heavy atom. The minimum atomic E-state index is -0.618. The molecule has 1 aromatic heterocycles. The fourth-order valence-corrected chi connectivity index (χ4v) is 2.10. The lowest BCUT2D eigenvalue weighted by Gasteiger charge is -2.07. The van der Waals surface area contributed by atoms with Crippen molar-refractivity contribution in [1.82, 2.24) is 0 Å². The molecule has 0 aliphatic heterocycles. The number of nitrogens with one attached hydrogen (secondary N) is 1. The molecule has 0 unspecified atom stereocenters.